The van der Waals surface area contributed by atoms with Gasteiger partial charge in [-0.25, -0.2) is 4.90 Å². The molecular weight excluding hydrogens is 643 g/mol. The Hall–Kier alpha value is -3.62. The fraction of sp³-hybridized carbons (Fsp3) is 0.471. The number of amides is 2. The lowest BCUT2D eigenvalue weighted by Crippen LogP contribution is -2.46. The van der Waals surface area contributed by atoms with Crippen molar-refractivity contribution in [1.29, 1.82) is 0 Å². The number of fused-ring (bicyclic) bond motifs is 3. The molecular formula is C34H36BF6NO6. The van der Waals surface area contributed by atoms with Gasteiger partial charge in [0.05, 0.1) is 41.4 Å². The van der Waals surface area contributed by atoms with Crippen LogP contribution in [0.3, 0.4) is 0 Å². The number of benzene rings is 2. The second-order valence-corrected chi connectivity index (χ2v) is 12.7. The van der Waals surface area contributed by atoms with Crippen molar-refractivity contribution in [1.82, 2.24) is 0 Å². The Morgan fingerprint density at radius 3 is 2.15 bits per heavy atom. The van der Waals surface area contributed by atoms with Crippen molar-refractivity contribution in [3.8, 4) is 5.75 Å². The molecule has 2 aromatic rings. The van der Waals surface area contributed by atoms with E-state index in [0.717, 1.165) is 22.3 Å². The lowest BCUT2D eigenvalue weighted by atomic mass is 9.58. The molecule has 0 unspecified atom stereocenters. The molecule has 0 spiro atoms. The zero-order chi connectivity index (χ0) is 35.3. The van der Waals surface area contributed by atoms with Crippen LogP contribution in [0.4, 0.5) is 32.0 Å². The fourth-order valence-electron chi connectivity index (χ4n) is 7.37. The molecule has 0 bridgehead atoms. The smallest absolute Gasteiger partial charge is 0.455 e. The van der Waals surface area contributed by atoms with Crippen molar-refractivity contribution in [3.63, 3.8) is 0 Å². The predicted molar refractivity (Wildman–Crippen MR) is 166 cm³/mol. The Morgan fingerprint density at radius 2 is 1.60 bits per heavy atom. The first kappa shape index (κ1) is 35.7. The molecule has 1 aliphatic carbocycles. The largest absolute Gasteiger partial charge is 0.507 e. The van der Waals surface area contributed by atoms with Crippen LogP contribution >= 0.6 is 0 Å². The van der Waals surface area contributed by atoms with Gasteiger partial charge in [0.25, 0.3) is 0 Å². The average Bonchev–Trinajstić information content (AvgIpc) is 3.25. The van der Waals surface area contributed by atoms with Gasteiger partial charge in [-0.05, 0) is 110 Å². The lowest BCUT2D eigenvalue weighted by molar-refractivity contribution is -0.143. The molecule has 2 amide bonds. The maximum absolute atomic E-state index is 13.9. The van der Waals surface area contributed by atoms with E-state index in [9.17, 15) is 46.1 Å². The summed E-state index contributed by atoms with van der Waals surface area (Å²) in [6, 6.07) is 4.44. The lowest BCUT2D eigenvalue weighted by Gasteiger charge is -2.43. The number of rotatable bonds is 8. The SMILES string of the molecule is CC/C(=C\c1cc(C)c(O)c(C)c1)CC[C@H]1OB(O)C[C@H]2C1=C(COC)C[C@H]1C(=O)N(c3cc(C(F)(F)F)cc(C(F)(F)F)c3)C(=O)[C@H]12. The number of hydrogen-bond acceptors (Lipinski definition) is 6. The van der Waals surface area contributed by atoms with Gasteiger partial charge in [-0.3, -0.25) is 9.59 Å². The number of phenols is 1. The highest BCUT2D eigenvalue weighted by molar-refractivity contribution is 6.43. The monoisotopic (exact) mass is 679 g/mol. The molecule has 3 aliphatic rings. The number of anilines is 1. The van der Waals surface area contributed by atoms with Crippen LogP contribution in [0.15, 0.2) is 47.1 Å². The van der Waals surface area contributed by atoms with Crippen LogP contribution in [0.5, 0.6) is 5.75 Å². The highest BCUT2D eigenvalue weighted by Crippen LogP contribution is 2.52. The quantitative estimate of drug-likeness (QED) is 0.132. The van der Waals surface area contributed by atoms with Gasteiger partial charge in [0.2, 0.25) is 11.8 Å². The van der Waals surface area contributed by atoms with Gasteiger partial charge in [-0.1, -0.05) is 18.6 Å². The third-order valence-corrected chi connectivity index (χ3v) is 9.52. The number of ether oxygens (including phenoxy) is 1. The normalized spacial score (nSPS) is 23.6. The van der Waals surface area contributed by atoms with E-state index in [-0.39, 0.29) is 31.2 Å². The van der Waals surface area contributed by atoms with Crippen molar-refractivity contribution < 1.29 is 55.5 Å². The van der Waals surface area contributed by atoms with Crippen LogP contribution in [0.1, 0.15) is 60.4 Å². The molecule has 0 radical (unpaired) electrons. The van der Waals surface area contributed by atoms with E-state index >= 15 is 0 Å². The summed E-state index contributed by atoms with van der Waals surface area (Å²) < 4.78 is 93.3. The molecule has 4 atom stereocenters. The van der Waals surface area contributed by atoms with Gasteiger partial charge < -0.3 is 19.5 Å². The zero-order valence-electron chi connectivity index (χ0n) is 26.8. The summed E-state index contributed by atoms with van der Waals surface area (Å²) in [5.41, 5.74) is 0.641. The van der Waals surface area contributed by atoms with Crippen LogP contribution in [0, 0.1) is 31.6 Å². The second kappa shape index (κ2) is 13.4. The van der Waals surface area contributed by atoms with Crippen LogP contribution in [0.2, 0.25) is 6.32 Å². The molecule has 2 fully saturated rings. The summed E-state index contributed by atoms with van der Waals surface area (Å²) in [5.74, 6) is -4.55. The number of allylic oxidation sites excluding steroid dienone is 1. The minimum absolute atomic E-state index is 0.00497. The standard InChI is InChI=1S/C34H36BF6NO6/c1-5-19(10-20-8-17(2)30(43)18(3)9-20)6-7-27-28-21(16-47-4)11-25-29(26(28)15-35(46)48-27)32(45)42(31(25)44)24-13-22(33(36,37)38)12-23(14-24)34(39,40)41/h8-10,12-14,25-27,29,43,46H,5-7,11,15-16H2,1-4H3/b19-10+/t25-,26+,27-,29-/m1/s1. The number of carbonyl (C=O) groups is 2. The van der Waals surface area contributed by atoms with Gasteiger partial charge in [0, 0.05) is 7.11 Å². The molecule has 2 N–H and O–H groups in total. The Labute approximate surface area is 274 Å². The van der Waals surface area contributed by atoms with Crippen molar-refractivity contribution >= 4 is 30.7 Å². The van der Waals surface area contributed by atoms with Gasteiger partial charge in [0.1, 0.15) is 5.75 Å². The van der Waals surface area contributed by atoms with Crippen molar-refractivity contribution in [3.05, 3.63) is 74.9 Å². The average molecular weight is 679 g/mol. The summed E-state index contributed by atoms with van der Waals surface area (Å²) in [7, 11) is 0.113. The minimum Gasteiger partial charge on any atom is -0.507 e. The number of carbonyl (C=O) groups excluding carboxylic acids is 2. The first-order valence-electron chi connectivity index (χ1n) is 15.7. The topological polar surface area (TPSA) is 96.3 Å². The molecule has 0 saturated carbocycles. The summed E-state index contributed by atoms with van der Waals surface area (Å²) in [5, 5.41) is 21.0. The first-order valence-corrected chi connectivity index (χ1v) is 15.7. The number of halogens is 6. The summed E-state index contributed by atoms with van der Waals surface area (Å²) in [6.07, 6.45) is -7.51. The Bertz CT molecular complexity index is 1610. The third kappa shape index (κ3) is 6.93. The van der Waals surface area contributed by atoms with Gasteiger partial charge in [0.15, 0.2) is 0 Å². The van der Waals surface area contributed by atoms with E-state index in [1.807, 2.05) is 25.1 Å². The van der Waals surface area contributed by atoms with E-state index in [2.05, 4.69) is 0 Å². The molecule has 2 aromatic carbocycles. The molecule has 2 saturated heterocycles. The van der Waals surface area contributed by atoms with Crippen LogP contribution in [0.25, 0.3) is 6.08 Å². The van der Waals surface area contributed by atoms with Crippen molar-refractivity contribution in [2.45, 2.75) is 71.2 Å². The number of imide groups is 1. The van der Waals surface area contributed by atoms with E-state index in [1.165, 1.54) is 7.11 Å². The zero-order valence-corrected chi connectivity index (χ0v) is 26.8. The van der Waals surface area contributed by atoms with E-state index in [0.29, 0.717) is 47.4 Å². The van der Waals surface area contributed by atoms with E-state index < -0.39 is 72.0 Å². The fourth-order valence-corrected chi connectivity index (χ4v) is 7.37. The van der Waals surface area contributed by atoms with Crippen LogP contribution in [-0.2, 0) is 31.3 Å². The minimum atomic E-state index is -5.17. The predicted octanol–water partition coefficient (Wildman–Crippen LogP) is 7.27. The third-order valence-electron chi connectivity index (χ3n) is 9.52. The molecule has 258 valence electrons. The van der Waals surface area contributed by atoms with Crippen molar-refractivity contribution in [2.24, 2.45) is 17.8 Å². The molecule has 48 heavy (non-hydrogen) atoms. The van der Waals surface area contributed by atoms with E-state index in [1.54, 1.807) is 13.8 Å². The molecule has 14 heteroatoms. The number of alkyl halides is 6. The number of nitrogens with zero attached hydrogens (tertiary/aromatic N) is 1. The highest BCUT2D eigenvalue weighted by atomic mass is 19.4. The number of methoxy groups -OCH3 is 1. The molecule has 7 nitrogen and oxygen atoms in total. The highest BCUT2D eigenvalue weighted by Gasteiger charge is 2.58. The summed E-state index contributed by atoms with van der Waals surface area (Å²) >= 11 is 0. The maximum Gasteiger partial charge on any atom is 0.455 e. The van der Waals surface area contributed by atoms with Gasteiger partial charge >= 0.3 is 19.5 Å². The Morgan fingerprint density at radius 1 is 1.00 bits per heavy atom. The van der Waals surface area contributed by atoms with Crippen LogP contribution < -0.4 is 4.90 Å². The summed E-state index contributed by atoms with van der Waals surface area (Å²) in [6.45, 7) is 5.65. The number of hydrogen-bond donors (Lipinski definition) is 2. The van der Waals surface area contributed by atoms with Crippen LogP contribution in [-0.4, -0.2) is 48.9 Å². The first-order chi connectivity index (χ1) is 22.4. The van der Waals surface area contributed by atoms with Crippen molar-refractivity contribution in [2.75, 3.05) is 18.6 Å². The Kier molecular flexibility index (Phi) is 9.93. The summed E-state index contributed by atoms with van der Waals surface area (Å²) in [4.78, 5) is 28.1. The second-order valence-electron chi connectivity index (χ2n) is 12.7. The molecule has 2 aliphatic heterocycles. The Balaban J connectivity index is 1.48. The molecule has 0 aromatic heterocycles. The molecule has 5 rings (SSSR count). The molecule has 2 heterocycles. The maximum atomic E-state index is 13.9. The van der Waals surface area contributed by atoms with Gasteiger partial charge in [-0.15, -0.1) is 0 Å². The van der Waals surface area contributed by atoms with Gasteiger partial charge in [-0.2, -0.15) is 26.3 Å². The number of aryl methyl sites for hydroxylation is 2. The number of aromatic hydroxyl groups is 1. The van der Waals surface area contributed by atoms with E-state index in [4.69, 9.17) is 9.39 Å². The number of phenolic OH excluding ortho intramolecular Hbond substituents is 1.